The molecule has 0 fully saturated rings. The third-order valence-electron chi connectivity index (χ3n) is 1.06. The Morgan fingerprint density at radius 1 is 1.78 bits per heavy atom. The zero-order valence-electron chi connectivity index (χ0n) is 5.10. The highest BCUT2D eigenvalue weighted by Gasteiger charge is 2.06. The molecule has 1 rings (SSSR count). The van der Waals surface area contributed by atoms with Gasteiger partial charge in [-0.05, 0) is 13.0 Å². The van der Waals surface area contributed by atoms with Crippen molar-refractivity contribution in [2.75, 3.05) is 0 Å². The van der Waals surface area contributed by atoms with Crippen molar-refractivity contribution < 1.29 is 4.42 Å². The molecule has 0 saturated carbocycles. The second-order valence-electron chi connectivity index (χ2n) is 1.92. The highest BCUT2D eigenvalue weighted by molar-refractivity contribution is 6.31. The minimum absolute atomic E-state index is 0.118. The average Bonchev–Trinajstić information content (AvgIpc) is 2.13. The summed E-state index contributed by atoms with van der Waals surface area (Å²) in [5.74, 6) is 0.650. The van der Waals surface area contributed by atoms with E-state index in [9.17, 15) is 0 Å². The van der Waals surface area contributed by atoms with E-state index in [0.29, 0.717) is 10.8 Å². The molecule has 0 aliphatic heterocycles. The van der Waals surface area contributed by atoms with Gasteiger partial charge in [0.15, 0.2) is 0 Å². The molecule has 0 amide bonds. The van der Waals surface area contributed by atoms with Gasteiger partial charge < -0.3 is 10.2 Å². The lowest BCUT2D eigenvalue weighted by Gasteiger charge is -1.98. The van der Waals surface area contributed by atoms with Gasteiger partial charge in [-0.15, -0.1) is 0 Å². The first-order valence-corrected chi connectivity index (χ1v) is 3.08. The van der Waals surface area contributed by atoms with Crippen LogP contribution in [0.1, 0.15) is 18.7 Å². The van der Waals surface area contributed by atoms with Crippen LogP contribution in [-0.4, -0.2) is 0 Å². The van der Waals surface area contributed by atoms with Gasteiger partial charge in [0, 0.05) is 0 Å². The van der Waals surface area contributed by atoms with Crippen molar-refractivity contribution in [2.45, 2.75) is 13.0 Å². The Morgan fingerprint density at radius 3 is 2.67 bits per heavy atom. The fourth-order valence-corrected chi connectivity index (χ4v) is 0.898. The van der Waals surface area contributed by atoms with E-state index in [1.165, 1.54) is 6.26 Å². The van der Waals surface area contributed by atoms with Crippen LogP contribution in [-0.2, 0) is 0 Å². The molecule has 0 aliphatic carbocycles. The van der Waals surface area contributed by atoms with Gasteiger partial charge in [0.2, 0.25) is 0 Å². The molecular formula is C6H8ClNO. The quantitative estimate of drug-likeness (QED) is 0.656. The monoisotopic (exact) mass is 145 g/mol. The fourth-order valence-electron chi connectivity index (χ4n) is 0.630. The van der Waals surface area contributed by atoms with Gasteiger partial charge in [0.25, 0.3) is 0 Å². The van der Waals surface area contributed by atoms with Crippen LogP contribution < -0.4 is 5.73 Å². The van der Waals surface area contributed by atoms with Gasteiger partial charge in [-0.2, -0.15) is 0 Å². The van der Waals surface area contributed by atoms with Crippen LogP contribution in [0.5, 0.6) is 0 Å². The Morgan fingerprint density at radius 2 is 2.44 bits per heavy atom. The second-order valence-corrected chi connectivity index (χ2v) is 2.33. The lowest BCUT2D eigenvalue weighted by molar-refractivity contribution is 0.480. The molecule has 0 unspecified atom stereocenters. The van der Waals surface area contributed by atoms with E-state index in [1.54, 1.807) is 6.07 Å². The number of halogens is 1. The molecule has 2 N–H and O–H groups in total. The highest BCUT2D eigenvalue weighted by Crippen LogP contribution is 2.21. The molecule has 0 spiro atoms. The molecule has 0 aromatic carbocycles. The van der Waals surface area contributed by atoms with Gasteiger partial charge in [-0.25, -0.2) is 0 Å². The van der Waals surface area contributed by atoms with Crippen molar-refractivity contribution in [3.63, 3.8) is 0 Å². The molecule has 9 heavy (non-hydrogen) atoms. The fraction of sp³-hybridized carbons (Fsp3) is 0.333. The molecular weight excluding hydrogens is 138 g/mol. The van der Waals surface area contributed by atoms with Crippen molar-refractivity contribution >= 4 is 11.6 Å². The molecule has 1 atom stereocenters. The van der Waals surface area contributed by atoms with E-state index < -0.39 is 0 Å². The van der Waals surface area contributed by atoms with Gasteiger partial charge in [-0.3, -0.25) is 0 Å². The van der Waals surface area contributed by atoms with Gasteiger partial charge in [0.1, 0.15) is 5.76 Å². The first-order valence-electron chi connectivity index (χ1n) is 2.70. The van der Waals surface area contributed by atoms with E-state index in [2.05, 4.69) is 0 Å². The number of furan rings is 1. The average molecular weight is 146 g/mol. The van der Waals surface area contributed by atoms with Crippen LogP contribution in [0.15, 0.2) is 16.7 Å². The van der Waals surface area contributed by atoms with Crippen molar-refractivity contribution in [3.05, 3.63) is 23.1 Å². The van der Waals surface area contributed by atoms with Crippen molar-refractivity contribution in [2.24, 2.45) is 5.73 Å². The van der Waals surface area contributed by atoms with E-state index in [-0.39, 0.29) is 6.04 Å². The number of hydrogen-bond donors (Lipinski definition) is 1. The molecule has 1 aromatic rings. The van der Waals surface area contributed by atoms with E-state index in [4.69, 9.17) is 21.8 Å². The summed E-state index contributed by atoms with van der Waals surface area (Å²) in [6.45, 7) is 1.82. The molecule has 0 saturated heterocycles. The minimum Gasteiger partial charge on any atom is -0.466 e. The molecule has 0 radical (unpaired) electrons. The SMILES string of the molecule is C[C@H](N)c1occc1Cl. The first-order chi connectivity index (χ1) is 4.22. The highest BCUT2D eigenvalue weighted by atomic mass is 35.5. The maximum Gasteiger partial charge on any atom is 0.138 e. The van der Waals surface area contributed by atoms with E-state index in [0.717, 1.165) is 0 Å². The number of nitrogens with two attached hydrogens (primary N) is 1. The Kier molecular flexibility index (Phi) is 1.78. The Bertz CT molecular complexity index is 195. The van der Waals surface area contributed by atoms with Crippen molar-refractivity contribution in [1.29, 1.82) is 0 Å². The summed E-state index contributed by atoms with van der Waals surface area (Å²) >= 11 is 5.66. The van der Waals surface area contributed by atoms with E-state index in [1.807, 2.05) is 6.92 Å². The van der Waals surface area contributed by atoms with Crippen molar-refractivity contribution in [3.8, 4) is 0 Å². The largest absolute Gasteiger partial charge is 0.466 e. The molecule has 50 valence electrons. The van der Waals surface area contributed by atoms with Crippen LogP contribution in [0.3, 0.4) is 0 Å². The predicted octanol–water partition coefficient (Wildman–Crippen LogP) is 1.95. The van der Waals surface area contributed by atoms with Crippen LogP contribution in [0.2, 0.25) is 5.02 Å². The lowest BCUT2D eigenvalue weighted by Crippen LogP contribution is -2.03. The third-order valence-corrected chi connectivity index (χ3v) is 1.37. The smallest absolute Gasteiger partial charge is 0.138 e. The maximum absolute atomic E-state index is 5.66. The molecule has 1 heterocycles. The third kappa shape index (κ3) is 1.26. The zero-order chi connectivity index (χ0) is 6.85. The summed E-state index contributed by atoms with van der Waals surface area (Å²) in [6.07, 6.45) is 1.53. The second kappa shape index (κ2) is 2.42. The molecule has 3 heteroatoms. The minimum atomic E-state index is -0.118. The van der Waals surface area contributed by atoms with Crippen molar-refractivity contribution in [1.82, 2.24) is 0 Å². The summed E-state index contributed by atoms with van der Waals surface area (Å²) in [4.78, 5) is 0. The number of rotatable bonds is 1. The molecule has 2 nitrogen and oxygen atoms in total. The topological polar surface area (TPSA) is 39.2 Å². The van der Waals surface area contributed by atoms with E-state index >= 15 is 0 Å². The van der Waals surface area contributed by atoms with Crippen LogP contribution >= 0.6 is 11.6 Å². The van der Waals surface area contributed by atoms with Crippen LogP contribution in [0, 0.1) is 0 Å². The number of hydrogen-bond acceptors (Lipinski definition) is 2. The predicted molar refractivity (Wildman–Crippen MR) is 36.3 cm³/mol. The normalized spacial score (nSPS) is 13.7. The van der Waals surface area contributed by atoms with Gasteiger partial charge >= 0.3 is 0 Å². The summed E-state index contributed by atoms with van der Waals surface area (Å²) in [6, 6.07) is 1.56. The summed E-state index contributed by atoms with van der Waals surface area (Å²) < 4.78 is 4.97. The Hall–Kier alpha value is -0.470. The first kappa shape index (κ1) is 6.65. The summed E-state index contributed by atoms with van der Waals surface area (Å²) in [5, 5.41) is 0.602. The van der Waals surface area contributed by atoms with Crippen LogP contribution in [0.4, 0.5) is 0 Å². The van der Waals surface area contributed by atoms with Gasteiger partial charge in [-0.1, -0.05) is 11.6 Å². The molecule has 0 aliphatic rings. The van der Waals surface area contributed by atoms with Crippen LogP contribution in [0.25, 0.3) is 0 Å². The zero-order valence-corrected chi connectivity index (χ0v) is 5.85. The Labute approximate surface area is 58.6 Å². The standard InChI is InChI=1S/C6H8ClNO/c1-4(8)6-5(7)2-3-9-6/h2-4H,8H2,1H3/t4-/m0/s1. The summed E-state index contributed by atoms with van der Waals surface area (Å²) in [5.41, 5.74) is 5.48. The molecule has 0 bridgehead atoms. The maximum atomic E-state index is 5.66. The Balaban J connectivity index is 2.94. The summed E-state index contributed by atoms with van der Waals surface area (Å²) in [7, 11) is 0. The lowest BCUT2D eigenvalue weighted by atomic mass is 10.3. The molecule has 1 aromatic heterocycles. The van der Waals surface area contributed by atoms with Gasteiger partial charge in [0.05, 0.1) is 17.3 Å².